The van der Waals surface area contributed by atoms with Gasteiger partial charge in [0.1, 0.15) is 5.75 Å². The van der Waals surface area contributed by atoms with Crippen LogP contribution in [0.5, 0.6) is 17.2 Å². The van der Waals surface area contributed by atoms with Crippen molar-refractivity contribution in [3.05, 3.63) is 54.2 Å². The van der Waals surface area contributed by atoms with Crippen LogP contribution in [0.4, 0.5) is 5.69 Å². The van der Waals surface area contributed by atoms with Crippen LogP contribution in [0.25, 0.3) is 10.9 Å². The fraction of sp³-hybridized carbons (Fsp3) is 0.464. The average molecular weight is 466 g/mol. The van der Waals surface area contributed by atoms with Crippen LogP contribution in [0.15, 0.2) is 48.7 Å². The summed E-state index contributed by atoms with van der Waals surface area (Å²) in [4.78, 5) is 4.68. The number of pyridine rings is 1. The van der Waals surface area contributed by atoms with Crippen molar-refractivity contribution >= 4 is 16.6 Å². The van der Waals surface area contributed by atoms with Crippen LogP contribution in [-0.4, -0.2) is 37.9 Å². The summed E-state index contributed by atoms with van der Waals surface area (Å²) in [5.74, 6) is 2.43. The Morgan fingerprint density at radius 3 is 2.41 bits per heavy atom. The van der Waals surface area contributed by atoms with Gasteiger partial charge < -0.3 is 25.3 Å². The number of rotatable bonds is 15. The molecule has 6 heteroatoms. The van der Waals surface area contributed by atoms with Crippen LogP contribution >= 0.6 is 0 Å². The Hall–Kier alpha value is -2.99. The molecule has 6 nitrogen and oxygen atoms in total. The highest BCUT2D eigenvalue weighted by Gasteiger charge is 2.18. The zero-order valence-corrected chi connectivity index (χ0v) is 20.8. The normalized spacial score (nSPS) is 11.9. The molecule has 0 amide bonds. The number of nitrogens with two attached hydrogens (primary N) is 1. The minimum absolute atomic E-state index is 0.288. The van der Waals surface area contributed by atoms with E-state index in [9.17, 15) is 0 Å². The third-order valence-electron chi connectivity index (χ3n) is 5.90. The van der Waals surface area contributed by atoms with Crippen molar-refractivity contribution in [3.63, 3.8) is 0 Å². The van der Waals surface area contributed by atoms with Crippen molar-refractivity contribution in [2.75, 3.05) is 32.2 Å². The first kappa shape index (κ1) is 25.6. The van der Waals surface area contributed by atoms with Crippen molar-refractivity contribution in [2.45, 2.75) is 58.4 Å². The zero-order chi connectivity index (χ0) is 24.2. The molecule has 184 valence electrons. The lowest BCUT2D eigenvalue weighted by Crippen LogP contribution is -2.17. The van der Waals surface area contributed by atoms with Crippen molar-refractivity contribution in [1.82, 2.24) is 4.98 Å². The van der Waals surface area contributed by atoms with E-state index in [0.29, 0.717) is 13.2 Å². The molecule has 3 rings (SSSR count). The van der Waals surface area contributed by atoms with Gasteiger partial charge in [-0.3, -0.25) is 4.98 Å². The third kappa shape index (κ3) is 7.26. The van der Waals surface area contributed by atoms with Gasteiger partial charge in [0.2, 0.25) is 0 Å². The summed E-state index contributed by atoms with van der Waals surface area (Å²) in [5, 5.41) is 4.60. The standard InChI is InChI=1S/C28H39N3O3/c1-21-15-17-30-27-24(31-22(2)12-11-16-29)20-25(32-3)28(26(21)27)34-19-10-5-4-9-18-33-23-13-7-6-8-14-23/h6-8,13-15,17,20,22,31H,4-5,9-12,16,18-19,29H2,1-3H3. The van der Waals surface area contributed by atoms with Crippen molar-refractivity contribution in [1.29, 1.82) is 0 Å². The molecule has 1 heterocycles. The quantitative estimate of drug-likeness (QED) is 0.264. The molecule has 0 radical (unpaired) electrons. The minimum Gasteiger partial charge on any atom is -0.494 e. The molecule has 0 saturated carbocycles. The van der Waals surface area contributed by atoms with Gasteiger partial charge in [0, 0.05) is 18.3 Å². The number of aryl methyl sites for hydroxylation is 1. The fourth-order valence-corrected chi connectivity index (χ4v) is 4.04. The number of hydrogen-bond donors (Lipinski definition) is 2. The monoisotopic (exact) mass is 465 g/mol. The van der Waals surface area contributed by atoms with Crippen molar-refractivity contribution in [2.24, 2.45) is 5.73 Å². The lowest BCUT2D eigenvalue weighted by atomic mass is 10.1. The van der Waals surface area contributed by atoms with Crippen LogP contribution in [0.2, 0.25) is 0 Å². The predicted molar refractivity (Wildman–Crippen MR) is 140 cm³/mol. The van der Waals surface area contributed by atoms with Gasteiger partial charge in [-0.25, -0.2) is 0 Å². The van der Waals surface area contributed by atoms with Crippen LogP contribution in [0, 0.1) is 6.92 Å². The SMILES string of the molecule is COc1cc(NC(C)CCCN)c2nccc(C)c2c1OCCCCCCOc1ccccc1. The first-order chi connectivity index (χ1) is 16.6. The number of aromatic nitrogens is 1. The topological polar surface area (TPSA) is 78.6 Å². The number of unbranched alkanes of at least 4 members (excludes halogenated alkanes) is 3. The number of ether oxygens (including phenoxy) is 3. The number of hydrogen-bond acceptors (Lipinski definition) is 6. The maximum Gasteiger partial charge on any atom is 0.170 e. The molecule has 1 atom stereocenters. The molecule has 1 unspecified atom stereocenters. The van der Waals surface area contributed by atoms with Crippen LogP contribution in [-0.2, 0) is 0 Å². The molecule has 0 aliphatic carbocycles. The summed E-state index contributed by atoms with van der Waals surface area (Å²) in [5.41, 5.74) is 8.67. The molecule has 3 aromatic rings. The summed E-state index contributed by atoms with van der Waals surface area (Å²) < 4.78 is 17.8. The minimum atomic E-state index is 0.288. The van der Waals surface area contributed by atoms with E-state index in [2.05, 4.69) is 24.1 Å². The molecule has 0 aliphatic heterocycles. The molecular weight excluding hydrogens is 426 g/mol. The first-order valence-corrected chi connectivity index (χ1v) is 12.4. The van der Waals surface area contributed by atoms with E-state index >= 15 is 0 Å². The molecule has 0 saturated heterocycles. The number of benzene rings is 2. The maximum absolute atomic E-state index is 6.28. The summed E-state index contributed by atoms with van der Waals surface area (Å²) in [7, 11) is 1.69. The van der Waals surface area contributed by atoms with Gasteiger partial charge in [0.05, 0.1) is 36.9 Å². The summed E-state index contributed by atoms with van der Waals surface area (Å²) in [6.45, 7) is 6.33. The number of methoxy groups -OCH3 is 1. The second-order valence-electron chi connectivity index (χ2n) is 8.71. The van der Waals surface area contributed by atoms with Gasteiger partial charge in [-0.1, -0.05) is 18.2 Å². The Bertz CT molecular complexity index is 1010. The Kier molecular flexibility index (Phi) is 10.3. The lowest BCUT2D eigenvalue weighted by Gasteiger charge is -2.20. The number of para-hydroxylation sites is 1. The number of nitrogens with one attached hydrogen (secondary N) is 1. The van der Waals surface area contributed by atoms with Gasteiger partial charge >= 0.3 is 0 Å². The van der Waals surface area contributed by atoms with Crippen molar-refractivity contribution < 1.29 is 14.2 Å². The van der Waals surface area contributed by atoms with Crippen LogP contribution in [0.3, 0.4) is 0 Å². The van der Waals surface area contributed by atoms with E-state index in [1.807, 2.05) is 48.7 Å². The second kappa shape index (κ2) is 13.7. The predicted octanol–water partition coefficient (Wildman–Crippen LogP) is 6.11. The average Bonchev–Trinajstić information content (AvgIpc) is 2.85. The Morgan fingerprint density at radius 2 is 1.71 bits per heavy atom. The Labute approximate surface area is 203 Å². The molecule has 0 spiro atoms. The van der Waals surface area contributed by atoms with Gasteiger partial charge in [-0.05, 0) is 82.7 Å². The molecule has 0 bridgehead atoms. The highest BCUT2D eigenvalue weighted by atomic mass is 16.5. The highest BCUT2D eigenvalue weighted by Crippen LogP contribution is 2.41. The first-order valence-electron chi connectivity index (χ1n) is 12.4. The van der Waals surface area contributed by atoms with E-state index in [4.69, 9.17) is 19.9 Å². The van der Waals surface area contributed by atoms with Gasteiger partial charge in [-0.2, -0.15) is 0 Å². The summed E-state index contributed by atoms with van der Waals surface area (Å²) in [6.07, 6.45) is 8.04. The van der Waals surface area contributed by atoms with E-state index in [1.165, 1.54) is 0 Å². The molecule has 1 aromatic heterocycles. The van der Waals surface area contributed by atoms with Gasteiger partial charge in [0.15, 0.2) is 11.5 Å². The molecule has 34 heavy (non-hydrogen) atoms. The number of anilines is 1. The molecular formula is C28H39N3O3. The Balaban J connectivity index is 1.58. The van der Waals surface area contributed by atoms with Crippen LogP contribution in [0.1, 0.15) is 51.0 Å². The van der Waals surface area contributed by atoms with E-state index in [1.54, 1.807) is 7.11 Å². The molecule has 2 aromatic carbocycles. The number of fused-ring (bicyclic) bond motifs is 1. The molecule has 3 N–H and O–H groups in total. The molecule has 0 aliphatic rings. The maximum atomic E-state index is 6.28. The van der Waals surface area contributed by atoms with Crippen LogP contribution < -0.4 is 25.3 Å². The zero-order valence-electron chi connectivity index (χ0n) is 20.8. The van der Waals surface area contributed by atoms with E-state index in [0.717, 1.165) is 84.5 Å². The summed E-state index contributed by atoms with van der Waals surface area (Å²) >= 11 is 0. The third-order valence-corrected chi connectivity index (χ3v) is 5.90. The fourth-order valence-electron chi connectivity index (χ4n) is 4.04. The number of nitrogens with zero attached hydrogens (tertiary/aromatic N) is 1. The van der Waals surface area contributed by atoms with E-state index in [-0.39, 0.29) is 6.04 Å². The summed E-state index contributed by atoms with van der Waals surface area (Å²) in [6, 6.07) is 14.3. The highest BCUT2D eigenvalue weighted by molar-refractivity contribution is 5.99. The lowest BCUT2D eigenvalue weighted by molar-refractivity contribution is 0.279. The smallest absolute Gasteiger partial charge is 0.170 e. The Morgan fingerprint density at radius 1 is 0.971 bits per heavy atom. The second-order valence-corrected chi connectivity index (χ2v) is 8.71. The molecule has 0 fully saturated rings. The largest absolute Gasteiger partial charge is 0.494 e. The van der Waals surface area contributed by atoms with Gasteiger partial charge in [-0.15, -0.1) is 0 Å². The van der Waals surface area contributed by atoms with Crippen molar-refractivity contribution in [3.8, 4) is 17.2 Å². The van der Waals surface area contributed by atoms with E-state index < -0.39 is 0 Å². The van der Waals surface area contributed by atoms with Gasteiger partial charge in [0.25, 0.3) is 0 Å².